The molecule has 0 fully saturated rings. The minimum atomic E-state index is 0.263. The molecule has 0 radical (unpaired) electrons. The number of nitrogens with two attached hydrogens (primary N) is 1. The molecule has 0 saturated carbocycles. The maximum atomic E-state index is 5.49. The zero-order valence-corrected chi connectivity index (χ0v) is 8.17. The zero-order valence-electron chi connectivity index (χ0n) is 6.58. The van der Waals surface area contributed by atoms with Crippen LogP contribution in [0.2, 0.25) is 0 Å². The molecule has 0 aliphatic rings. The van der Waals surface area contributed by atoms with E-state index in [0.717, 1.165) is 5.82 Å². The van der Waals surface area contributed by atoms with Gasteiger partial charge in [0.1, 0.15) is 5.82 Å². The van der Waals surface area contributed by atoms with Gasteiger partial charge >= 0.3 is 0 Å². The number of hydrogen-bond acceptors (Lipinski definition) is 3. The van der Waals surface area contributed by atoms with Crippen LogP contribution >= 0.6 is 15.9 Å². The van der Waals surface area contributed by atoms with E-state index in [1.54, 1.807) is 4.68 Å². The molecule has 0 aliphatic carbocycles. The number of rotatable bonds is 2. The van der Waals surface area contributed by atoms with Crippen LogP contribution in [0.4, 0.5) is 0 Å². The molecule has 1 rings (SSSR count). The van der Waals surface area contributed by atoms with Gasteiger partial charge < -0.3 is 5.73 Å². The highest BCUT2D eigenvalue weighted by atomic mass is 79.9. The van der Waals surface area contributed by atoms with Crippen LogP contribution in [-0.2, 0) is 7.05 Å². The molecule has 62 valence electrons. The molecule has 1 aromatic heterocycles. The Balaban J connectivity index is 2.93. The third-order valence-electron chi connectivity index (χ3n) is 1.57. The normalized spacial score (nSPS) is 13.5. The van der Waals surface area contributed by atoms with E-state index in [9.17, 15) is 0 Å². The molecule has 0 aliphatic heterocycles. The van der Waals surface area contributed by atoms with Gasteiger partial charge in [-0.2, -0.15) is 0 Å². The highest BCUT2D eigenvalue weighted by Crippen LogP contribution is 2.12. The van der Waals surface area contributed by atoms with Crippen molar-refractivity contribution < 1.29 is 0 Å². The number of aromatic nitrogens is 3. The van der Waals surface area contributed by atoms with E-state index in [1.807, 2.05) is 14.0 Å². The Kier molecular flexibility index (Phi) is 2.62. The van der Waals surface area contributed by atoms with Crippen molar-refractivity contribution in [1.29, 1.82) is 0 Å². The Morgan fingerprint density at radius 1 is 1.73 bits per heavy atom. The van der Waals surface area contributed by atoms with Crippen LogP contribution in [0.25, 0.3) is 0 Å². The molecule has 0 saturated heterocycles. The lowest BCUT2D eigenvalue weighted by molar-refractivity contribution is 0.628. The van der Waals surface area contributed by atoms with Gasteiger partial charge in [-0.25, -0.2) is 4.98 Å². The number of aryl methyl sites for hydroxylation is 1. The fourth-order valence-corrected chi connectivity index (χ4v) is 1.32. The summed E-state index contributed by atoms with van der Waals surface area (Å²) in [5, 5.41) is 4.05. The standard InChI is InChI=1S/C6H11BrN4/c1-4(3-8)5-9-6(7)10-11(5)2/h4H,3,8H2,1-2H3. The van der Waals surface area contributed by atoms with Crippen LogP contribution in [0, 0.1) is 0 Å². The van der Waals surface area contributed by atoms with Crippen LogP contribution in [0.5, 0.6) is 0 Å². The monoisotopic (exact) mass is 218 g/mol. The number of halogens is 1. The van der Waals surface area contributed by atoms with E-state index in [4.69, 9.17) is 5.73 Å². The van der Waals surface area contributed by atoms with Crippen molar-refractivity contribution in [2.75, 3.05) is 6.54 Å². The van der Waals surface area contributed by atoms with Crippen LogP contribution in [0.3, 0.4) is 0 Å². The fraction of sp³-hybridized carbons (Fsp3) is 0.667. The lowest BCUT2D eigenvalue weighted by atomic mass is 10.2. The van der Waals surface area contributed by atoms with Gasteiger partial charge in [0.15, 0.2) is 0 Å². The summed E-state index contributed by atoms with van der Waals surface area (Å²) in [6.07, 6.45) is 0. The maximum Gasteiger partial charge on any atom is 0.217 e. The van der Waals surface area contributed by atoms with Gasteiger partial charge in [-0.3, -0.25) is 4.68 Å². The highest BCUT2D eigenvalue weighted by Gasteiger charge is 2.10. The molecule has 0 spiro atoms. The van der Waals surface area contributed by atoms with Crippen molar-refractivity contribution >= 4 is 15.9 Å². The van der Waals surface area contributed by atoms with Gasteiger partial charge in [0.25, 0.3) is 0 Å². The topological polar surface area (TPSA) is 56.7 Å². The Hall–Kier alpha value is -0.420. The van der Waals surface area contributed by atoms with Crippen molar-refractivity contribution in [1.82, 2.24) is 14.8 Å². The average Bonchev–Trinajstić information content (AvgIpc) is 2.28. The molecular formula is C6H11BrN4. The number of hydrogen-bond donors (Lipinski definition) is 1. The summed E-state index contributed by atoms with van der Waals surface area (Å²) in [5.74, 6) is 1.18. The molecule has 5 heteroatoms. The van der Waals surface area contributed by atoms with Crippen LogP contribution in [0.1, 0.15) is 18.7 Å². The lowest BCUT2D eigenvalue weighted by Crippen LogP contribution is -2.13. The van der Waals surface area contributed by atoms with Crippen LogP contribution in [-0.4, -0.2) is 21.3 Å². The molecule has 4 nitrogen and oxygen atoms in total. The Morgan fingerprint density at radius 3 is 2.73 bits per heavy atom. The third-order valence-corrected chi connectivity index (χ3v) is 1.90. The Morgan fingerprint density at radius 2 is 2.36 bits per heavy atom. The summed E-state index contributed by atoms with van der Waals surface area (Å²) in [4.78, 5) is 4.17. The molecule has 11 heavy (non-hydrogen) atoms. The molecule has 0 aromatic carbocycles. The molecule has 1 heterocycles. The molecule has 1 atom stereocenters. The summed E-state index contributed by atoms with van der Waals surface area (Å²) in [6.45, 7) is 2.62. The average molecular weight is 219 g/mol. The zero-order chi connectivity index (χ0) is 8.43. The van der Waals surface area contributed by atoms with Crippen molar-refractivity contribution in [3.05, 3.63) is 10.6 Å². The summed E-state index contributed by atoms with van der Waals surface area (Å²) < 4.78 is 2.36. The summed E-state index contributed by atoms with van der Waals surface area (Å²) in [7, 11) is 1.86. The van der Waals surface area contributed by atoms with Crippen LogP contribution in [0.15, 0.2) is 4.73 Å². The van der Waals surface area contributed by atoms with E-state index in [0.29, 0.717) is 11.3 Å². The van der Waals surface area contributed by atoms with Gasteiger partial charge in [-0.1, -0.05) is 6.92 Å². The molecular weight excluding hydrogens is 208 g/mol. The van der Waals surface area contributed by atoms with Crippen molar-refractivity contribution in [3.8, 4) is 0 Å². The molecule has 1 aromatic rings. The van der Waals surface area contributed by atoms with Gasteiger partial charge in [0, 0.05) is 19.5 Å². The first-order chi connectivity index (χ1) is 5.15. The summed E-state index contributed by atoms with van der Waals surface area (Å²) in [6, 6.07) is 0. The Bertz CT molecular complexity index is 245. The van der Waals surface area contributed by atoms with Crippen molar-refractivity contribution in [2.45, 2.75) is 12.8 Å². The molecule has 1 unspecified atom stereocenters. The van der Waals surface area contributed by atoms with E-state index in [1.165, 1.54) is 0 Å². The number of nitrogens with zero attached hydrogens (tertiary/aromatic N) is 3. The van der Waals surface area contributed by atoms with E-state index < -0.39 is 0 Å². The largest absolute Gasteiger partial charge is 0.330 e. The summed E-state index contributed by atoms with van der Waals surface area (Å²) in [5.41, 5.74) is 5.49. The molecule has 2 N–H and O–H groups in total. The van der Waals surface area contributed by atoms with Crippen LogP contribution < -0.4 is 5.73 Å². The second-order valence-electron chi connectivity index (χ2n) is 2.50. The first kappa shape index (κ1) is 8.67. The second kappa shape index (κ2) is 3.32. The first-order valence-electron chi connectivity index (χ1n) is 3.41. The third kappa shape index (κ3) is 1.78. The SMILES string of the molecule is CC(CN)c1nc(Br)nn1C. The predicted octanol–water partition coefficient (Wildman–Crippen LogP) is 0.640. The van der Waals surface area contributed by atoms with E-state index in [2.05, 4.69) is 26.0 Å². The smallest absolute Gasteiger partial charge is 0.217 e. The van der Waals surface area contributed by atoms with Crippen molar-refractivity contribution in [2.24, 2.45) is 12.8 Å². The van der Waals surface area contributed by atoms with Gasteiger partial charge in [0.2, 0.25) is 4.73 Å². The lowest BCUT2D eigenvalue weighted by Gasteiger charge is -2.05. The van der Waals surface area contributed by atoms with Gasteiger partial charge in [0.05, 0.1) is 0 Å². The Labute approximate surface area is 73.9 Å². The van der Waals surface area contributed by atoms with E-state index in [-0.39, 0.29) is 5.92 Å². The second-order valence-corrected chi connectivity index (χ2v) is 3.21. The maximum absolute atomic E-state index is 5.49. The summed E-state index contributed by atoms with van der Waals surface area (Å²) >= 11 is 3.20. The first-order valence-corrected chi connectivity index (χ1v) is 4.21. The molecule has 0 bridgehead atoms. The quantitative estimate of drug-likeness (QED) is 0.793. The molecule has 0 amide bonds. The highest BCUT2D eigenvalue weighted by molar-refractivity contribution is 9.10. The van der Waals surface area contributed by atoms with Gasteiger partial charge in [-0.05, 0) is 15.9 Å². The van der Waals surface area contributed by atoms with Crippen molar-refractivity contribution in [3.63, 3.8) is 0 Å². The van der Waals surface area contributed by atoms with E-state index >= 15 is 0 Å². The minimum Gasteiger partial charge on any atom is -0.330 e. The fourth-order valence-electron chi connectivity index (χ4n) is 0.899. The predicted molar refractivity (Wildman–Crippen MR) is 46.2 cm³/mol. The minimum absolute atomic E-state index is 0.263. The van der Waals surface area contributed by atoms with Gasteiger partial charge in [-0.15, -0.1) is 5.10 Å².